The van der Waals surface area contributed by atoms with Crippen molar-refractivity contribution < 1.29 is 0 Å². The van der Waals surface area contributed by atoms with E-state index in [1.807, 2.05) is 0 Å². The summed E-state index contributed by atoms with van der Waals surface area (Å²) in [7, 11) is 0. The normalized spacial score (nSPS) is 15.2. The lowest BCUT2D eigenvalue weighted by Crippen LogP contribution is -2.04. The molecule has 0 aliphatic rings. The van der Waals surface area contributed by atoms with Crippen LogP contribution in [0.15, 0.2) is 47.6 Å². The Hall–Kier alpha value is -1.04. The van der Waals surface area contributed by atoms with Crippen LogP contribution >= 0.6 is 0 Å². The van der Waals surface area contributed by atoms with Crippen LogP contribution in [0.25, 0.3) is 0 Å². The van der Waals surface area contributed by atoms with E-state index >= 15 is 0 Å². The molecule has 0 amide bonds. The molecule has 144 valence electrons. The van der Waals surface area contributed by atoms with Crippen LogP contribution in [0.4, 0.5) is 0 Å². The Morgan fingerprint density at radius 3 is 2.08 bits per heavy atom. The summed E-state index contributed by atoms with van der Waals surface area (Å²) in [5, 5.41) is 0. The van der Waals surface area contributed by atoms with Crippen LogP contribution in [0.3, 0.4) is 0 Å². The van der Waals surface area contributed by atoms with Crippen LogP contribution in [0.5, 0.6) is 0 Å². The zero-order chi connectivity index (χ0) is 19.2. The molecule has 0 rings (SSSR count). The van der Waals surface area contributed by atoms with Gasteiger partial charge in [-0.1, -0.05) is 61.8 Å². The highest BCUT2D eigenvalue weighted by Crippen LogP contribution is 2.26. The van der Waals surface area contributed by atoms with Gasteiger partial charge >= 0.3 is 0 Å². The van der Waals surface area contributed by atoms with Crippen LogP contribution in [-0.2, 0) is 0 Å². The number of hydrogen-bond donors (Lipinski definition) is 0. The molecule has 0 heteroatoms. The van der Waals surface area contributed by atoms with Crippen molar-refractivity contribution in [2.75, 3.05) is 0 Å². The monoisotopic (exact) mass is 344 g/mol. The SMILES string of the molecule is C=C[C@H](C)CC[C@H](C/C=C(\C)CCC=C(C)C)/C(C)=C/CCC(C)C. The summed E-state index contributed by atoms with van der Waals surface area (Å²) < 4.78 is 0. The summed E-state index contributed by atoms with van der Waals surface area (Å²) in [5.41, 5.74) is 4.55. The minimum absolute atomic E-state index is 0.619. The summed E-state index contributed by atoms with van der Waals surface area (Å²) in [5.74, 6) is 2.10. The van der Waals surface area contributed by atoms with Crippen molar-refractivity contribution in [3.63, 3.8) is 0 Å². The highest BCUT2D eigenvalue weighted by Gasteiger charge is 2.11. The van der Waals surface area contributed by atoms with E-state index in [1.54, 1.807) is 5.57 Å². The molecule has 0 saturated carbocycles. The molecule has 0 aliphatic heterocycles. The van der Waals surface area contributed by atoms with Gasteiger partial charge in [-0.15, -0.1) is 6.58 Å². The minimum Gasteiger partial charge on any atom is -0.103 e. The minimum atomic E-state index is 0.619. The molecule has 0 fully saturated rings. The number of hydrogen-bond acceptors (Lipinski definition) is 0. The van der Waals surface area contributed by atoms with Gasteiger partial charge in [0.05, 0.1) is 0 Å². The van der Waals surface area contributed by atoms with Gasteiger partial charge in [0, 0.05) is 0 Å². The van der Waals surface area contributed by atoms with Crippen LogP contribution in [-0.4, -0.2) is 0 Å². The molecular formula is C25H44. The largest absolute Gasteiger partial charge is 0.103 e. The Balaban J connectivity index is 4.75. The third kappa shape index (κ3) is 13.9. The van der Waals surface area contributed by atoms with E-state index < -0.39 is 0 Å². The van der Waals surface area contributed by atoms with Gasteiger partial charge in [0.2, 0.25) is 0 Å². The van der Waals surface area contributed by atoms with Crippen LogP contribution in [0.2, 0.25) is 0 Å². The quantitative estimate of drug-likeness (QED) is 0.293. The predicted octanol–water partition coefficient (Wildman–Crippen LogP) is 8.67. The molecule has 0 heterocycles. The fourth-order valence-electron chi connectivity index (χ4n) is 2.96. The van der Waals surface area contributed by atoms with E-state index in [2.05, 4.69) is 79.3 Å². The number of rotatable bonds is 13. The summed E-state index contributed by atoms with van der Waals surface area (Å²) in [4.78, 5) is 0. The highest BCUT2D eigenvalue weighted by atomic mass is 14.2. The van der Waals surface area contributed by atoms with Gasteiger partial charge in [-0.2, -0.15) is 0 Å². The average Bonchev–Trinajstić information content (AvgIpc) is 2.53. The molecule has 0 aromatic carbocycles. The van der Waals surface area contributed by atoms with E-state index in [9.17, 15) is 0 Å². The molecule has 0 aromatic rings. The van der Waals surface area contributed by atoms with Gasteiger partial charge in [0.25, 0.3) is 0 Å². The van der Waals surface area contributed by atoms with Gasteiger partial charge in [-0.05, 0) is 90.4 Å². The predicted molar refractivity (Wildman–Crippen MR) is 117 cm³/mol. The van der Waals surface area contributed by atoms with Crippen LogP contribution < -0.4 is 0 Å². The third-order valence-electron chi connectivity index (χ3n) is 5.07. The molecule has 0 nitrogen and oxygen atoms in total. The van der Waals surface area contributed by atoms with Crippen molar-refractivity contribution >= 4 is 0 Å². The molecule has 0 aliphatic carbocycles. The summed E-state index contributed by atoms with van der Waals surface area (Å²) in [6, 6.07) is 0. The smallest absolute Gasteiger partial charge is 0.0171 e. The van der Waals surface area contributed by atoms with E-state index in [4.69, 9.17) is 0 Å². The first kappa shape index (κ1) is 24.0. The first-order chi connectivity index (χ1) is 11.8. The molecule has 0 radical (unpaired) electrons. The molecule has 0 aromatic heterocycles. The zero-order valence-electron chi connectivity index (χ0n) is 18.2. The maximum absolute atomic E-state index is 3.94. The molecule has 0 saturated heterocycles. The molecule has 0 spiro atoms. The molecule has 0 bridgehead atoms. The average molecular weight is 345 g/mol. The van der Waals surface area contributed by atoms with Gasteiger partial charge in [0.1, 0.15) is 0 Å². The standard InChI is InChI=1S/C25H44/c1-9-22(6)16-18-25(24(8)15-11-13-21(4)5)19-17-23(7)14-10-12-20(2)3/h9,12,15,17,21-22,25H,1,10-11,13-14,16,18-19H2,2-8H3/b23-17+,24-15+/t22-,25+/m0/s1. The lowest BCUT2D eigenvalue weighted by Gasteiger charge is -2.19. The molecule has 0 N–H and O–H groups in total. The van der Waals surface area contributed by atoms with Crippen molar-refractivity contribution in [3.05, 3.63) is 47.6 Å². The van der Waals surface area contributed by atoms with E-state index in [-0.39, 0.29) is 0 Å². The summed E-state index contributed by atoms with van der Waals surface area (Å²) in [6.07, 6.45) is 18.0. The molecule has 0 unspecified atom stereocenters. The topological polar surface area (TPSA) is 0 Å². The van der Waals surface area contributed by atoms with Crippen molar-refractivity contribution in [1.82, 2.24) is 0 Å². The van der Waals surface area contributed by atoms with Gasteiger partial charge in [-0.25, -0.2) is 0 Å². The Kier molecular flexibility index (Phi) is 13.6. The third-order valence-corrected chi connectivity index (χ3v) is 5.07. The molecular weight excluding hydrogens is 300 g/mol. The Labute approximate surface area is 159 Å². The fourth-order valence-corrected chi connectivity index (χ4v) is 2.96. The van der Waals surface area contributed by atoms with Crippen LogP contribution in [0, 0.1) is 17.8 Å². The maximum Gasteiger partial charge on any atom is -0.0171 e. The lowest BCUT2D eigenvalue weighted by molar-refractivity contribution is 0.489. The second-order valence-electron chi connectivity index (χ2n) is 8.51. The zero-order valence-corrected chi connectivity index (χ0v) is 18.2. The van der Waals surface area contributed by atoms with E-state index in [1.165, 1.54) is 56.1 Å². The van der Waals surface area contributed by atoms with Gasteiger partial charge in [-0.3, -0.25) is 0 Å². The van der Waals surface area contributed by atoms with Crippen molar-refractivity contribution in [2.45, 2.75) is 93.4 Å². The first-order valence-electron chi connectivity index (χ1n) is 10.3. The first-order valence-corrected chi connectivity index (χ1v) is 10.3. The Morgan fingerprint density at radius 1 is 0.840 bits per heavy atom. The van der Waals surface area contributed by atoms with Crippen molar-refractivity contribution in [3.8, 4) is 0 Å². The summed E-state index contributed by atoms with van der Waals surface area (Å²) >= 11 is 0. The Morgan fingerprint density at radius 2 is 1.52 bits per heavy atom. The lowest BCUT2D eigenvalue weighted by atomic mass is 9.87. The molecule has 2 atom stereocenters. The highest BCUT2D eigenvalue weighted by molar-refractivity contribution is 5.09. The summed E-state index contributed by atoms with van der Waals surface area (Å²) in [6.45, 7) is 19.8. The second-order valence-corrected chi connectivity index (χ2v) is 8.51. The van der Waals surface area contributed by atoms with Crippen LogP contribution in [0.1, 0.15) is 93.4 Å². The van der Waals surface area contributed by atoms with Crippen molar-refractivity contribution in [2.24, 2.45) is 17.8 Å². The fraction of sp³-hybridized carbons (Fsp3) is 0.680. The molecule has 25 heavy (non-hydrogen) atoms. The van der Waals surface area contributed by atoms with Crippen molar-refractivity contribution in [1.29, 1.82) is 0 Å². The van der Waals surface area contributed by atoms with Gasteiger partial charge in [0.15, 0.2) is 0 Å². The van der Waals surface area contributed by atoms with Gasteiger partial charge < -0.3 is 0 Å². The van der Waals surface area contributed by atoms with E-state index in [0.717, 1.165) is 5.92 Å². The maximum atomic E-state index is 3.94. The number of allylic oxidation sites excluding steroid dienone is 7. The Bertz CT molecular complexity index is 441. The van der Waals surface area contributed by atoms with E-state index in [0.29, 0.717) is 11.8 Å². The second kappa shape index (κ2) is 14.2.